The number of carbonyl (C=O) groups is 1. The molecule has 0 spiro atoms. The molecule has 5 rings (SSSR count). The minimum absolute atomic E-state index is 0.220. The normalized spacial score (nSPS) is 15.1. The summed E-state index contributed by atoms with van der Waals surface area (Å²) in [5, 5.41) is 10.6. The Labute approximate surface area is 242 Å². The molecular weight excluding hydrogens is 544 g/mol. The van der Waals surface area contributed by atoms with E-state index in [0.717, 1.165) is 51.8 Å². The van der Waals surface area contributed by atoms with Crippen molar-refractivity contribution in [1.82, 2.24) is 9.55 Å². The molecule has 3 heterocycles. The predicted molar refractivity (Wildman–Crippen MR) is 161 cm³/mol. The van der Waals surface area contributed by atoms with Crippen LogP contribution in [-0.4, -0.2) is 87.5 Å². The Hall–Kier alpha value is -3.77. The summed E-state index contributed by atoms with van der Waals surface area (Å²) in [6.07, 6.45) is 2.61. The van der Waals surface area contributed by atoms with Crippen LogP contribution in [0.2, 0.25) is 0 Å². The van der Waals surface area contributed by atoms with Gasteiger partial charge in [-0.1, -0.05) is 23.5 Å². The summed E-state index contributed by atoms with van der Waals surface area (Å²) in [7, 11) is 5.08. The molecule has 10 nitrogen and oxygen atoms in total. The zero-order chi connectivity index (χ0) is 28.9. The van der Waals surface area contributed by atoms with Crippen LogP contribution in [0.3, 0.4) is 0 Å². The van der Waals surface area contributed by atoms with Crippen LogP contribution < -0.4 is 15.2 Å². The van der Waals surface area contributed by atoms with E-state index in [-0.39, 0.29) is 11.7 Å². The molecule has 0 saturated carbocycles. The molecule has 41 heavy (non-hydrogen) atoms. The predicted octanol–water partition coefficient (Wildman–Crippen LogP) is 4.14. The van der Waals surface area contributed by atoms with E-state index in [9.17, 15) is 14.7 Å². The second kappa shape index (κ2) is 12.8. The molecule has 216 valence electrons. The van der Waals surface area contributed by atoms with E-state index < -0.39 is 11.4 Å². The number of methoxy groups -OCH3 is 3. The van der Waals surface area contributed by atoms with Gasteiger partial charge >= 0.3 is 5.97 Å². The van der Waals surface area contributed by atoms with Gasteiger partial charge in [0.25, 0.3) is 0 Å². The van der Waals surface area contributed by atoms with E-state index in [1.807, 2.05) is 42.5 Å². The monoisotopic (exact) mass is 578 g/mol. The van der Waals surface area contributed by atoms with Crippen LogP contribution >= 0.6 is 11.3 Å². The summed E-state index contributed by atoms with van der Waals surface area (Å²) in [6.45, 7) is 4.23. The van der Waals surface area contributed by atoms with E-state index >= 15 is 0 Å². The number of ether oxygens (including phenoxy) is 3. The molecule has 0 amide bonds. The molecule has 4 aromatic rings. The van der Waals surface area contributed by atoms with Crippen LogP contribution in [0.1, 0.15) is 16.8 Å². The van der Waals surface area contributed by atoms with Crippen molar-refractivity contribution < 1.29 is 24.1 Å². The van der Waals surface area contributed by atoms with E-state index in [1.54, 1.807) is 37.2 Å². The lowest BCUT2D eigenvalue weighted by molar-refractivity contribution is 0.0695. The Balaban J connectivity index is 1.53. The van der Waals surface area contributed by atoms with Gasteiger partial charge in [-0.2, -0.15) is 0 Å². The van der Waals surface area contributed by atoms with Gasteiger partial charge in [0.15, 0.2) is 10.6 Å². The smallest absolute Gasteiger partial charge is 0.341 e. The molecule has 1 atom stereocenters. The number of rotatable bonds is 12. The highest BCUT2D eigenvalue weighted by Crippen LogP contribution is 2.32. The molecule has 0 bridgehead atoms. The zero-order valence-corrected chi connectivity index (χ0v) is 24.2. The summed E-state index contributed by atoms with van der Waals surface area (Å²) in [4.78, 5) is 33.9. The van der Waals surface area contributed by atoms with Crippen molar-refractivity contribution in [3.8, 4) is 16.9 Å². The summed E-state index contributed by atoms with van der Waals surface area (Å²) >= 11 is 1.55. The number of carboxylic acids is 1. The number of hydrogen-bond donors (Lipinski definition) is 1. The average molecular weight is 579 g/mol. The fourth-order valence-electron chi connectivity index (χ4n) is 5.02. The highest BCUT2D eigenvalue weighted by Gasteiger charge is 2.23. The number of anilines is 2. The van der Waals surface area contributed by atoms with Crippen molar-refractivity contribution >= 4 is 38.3 Å². The van der Waals surface area contributed by atoms with Crippen molar-refractivity contribution in [2.45, 2.75) is 12.5 Å². The molecule has 2 aromatic heterocycles. The van der Waals surface area contributed by atoms with Gasteiger partial charge in [-0.3, -0.25) is 4.79 Å². The lowest BCUT2D eigenvalue weighted by Gasteiger charge is -2.20. The van der Waals surface area contributed by atoms with Crippen LogP contribution in [0.5, 0.6) is 0 Å². The van der Waals surface area contributed by atoms with Crippen LogP contribution in [0.15, 0.2) is 59.5 Å². The van der Waals surface area contributed by atoms with Crippen LogP contribution in [0.25, 0.3) is 27.2 Å². The molecule has 0 radical (unpaired) electrons. The third kappa shape index (κ3) is 6.28. The molecule has 1 N–H and O–H groups in total. The van der Waals surface area contributed by atoms with E-state index in [1.165, 1.54) is 12.3 Å². The molecule has 2 aromatic carbocycles. The van der Waals surface area contributed by atoms with Crippen molar-refractivity contribution in [2.24, 2.45) is 0 Å². The molecular formula is C30H34N4O6S. The van der Waals surface area contributed by atoms with Gasteiger partial charge in [-0.05, 0) is 42.3 Å². The number of hydrogen-bond acceptors (Lipinski definition) is 9. The lowest BCUT2D eigenvalue weighted by Crippen LogP contribution is -2.30. The number of carboxylic acid groups (broad SMARTS) is 1. The number of pyridine rings is 1. The maximum atomic E-state index is 12.8. The number of aromatic nitrogens is 2. The second-order valence-electron chi connectivity index (χ2n) is 9.87. The summed E-state index contributed by atoms with van der Waals surface area (Å²) < 4.78 is 18.8. The topological polar surface area (TPSA) is 106 Å². The minimum atomic E-state index is -1.26. The van der Waals surface area contributed by atoms with Crippen LogP contribution in [0.4, 0.5) is 10.8 Å². The minimum Gasteiger partial charge on any atom is -0.477 e. The van der Waals surface area contributed by atoms with Crippen molar-refractivity contribution in [2.75, 3.05) is 70.5 Å². The van der Waals surface area contributed by atoms with Gasteiger partial charge in [-0.15, -0.1) is 0 Å². The van der Waals surface area contributed by atoms with Gasteiger partial charge in [0.2, 0.25) is 0 Å². The zero-order valence-electron chi connectivity index (χ0n) is 23.4. The molecule has 1 aliphatic rings. The first kappa shape index (κ1) is 28.7. The molecule has 1 aliphatic heterocycles. The molecule has 1 saturated heterocycles. The fourth-order valence-corrected chi connectivity index (χ4v) is 6.07. The van der Waals surface area contributed by atoms with E-state index in [2.05, 4.69) is 9.80 Å². The van der Waals surface area contributed by atoms with E-state index in [4.69, 9.17) is 19.2 Å². The SMILES string of the molecule is COCCN(CCOC)c1nc2ccc(-n3cc(C(=O)O)c(=O)cc3-c3ccc(N4CCC(OC)C4)cc3)cc2s1. The first-order valence-electron chi connectivity index (χ1n) is 13.4. The molecule has 11 heteroatoms. The number of nitrogens with zero attached hydrogens (tertiary/aromatic N) is 4. The largest absolute Gasteiger partial charge is 0.477 e. The first-order chi connectivity index (χ1) is 19.9. The van der Waals surface area contributed by atoms with Gasteiger partial charge in [0.1, 0.15) is 5.56 Å². The number of fused-ring (bicyclic) bond motifs is 1. The number of thiazole rings is 1. The maximum Gasteiger partial charge on any atom is 0.341 e. The van der Waals surface area contributed by atoms with Crippen molar-refractivity contribution in [3.63, 3.8) is 0 Å². The van der Waals surface area contributed by atoms with Gasteiger partial charge < -0.3 is 33.7 Å². The van der Waals surface area contributed by atoms with Crippen LogP contribution in [0, 0.1) is 0 Å². The Morgan fingerprint density at radius 3 is 2.39 bits per heavy atom. The average Bonchev–Trinajstić information content (AvgIpc) is 3.64. The Bertz CT molecular complexity index is 1560. The Morgan fingerprint density at radius 2 is 1.76 bits per heavy atom. The molecule has 1 unspecified atom stereocenters. The summed E-state index contributed by atoms with van der Waals surface area (Å²) in [5.74, 6) is -1.26. The van der Waals surface area contributed by atoms with Gasteiger partial charge in [0, 0.05) is 71.1 Å². The molecule has 1 fully saturated rings. The third-order valence-electron chi connectivity index (χ3n) is 7.33. The lowest BCUT2D eigenvalue weighted by atomic mass is 10.1. The number of aromatic carboxylic acids is 1. The second-order valence-corrected chi connectivity index (χ2v) is 10.9. The summed E-state index contributed by atoms with van der Waals surface area (Å²) in [5.41, 5.74) is 3.23. The Kier molecular flexibility index (Phi) is 8.99. The standard InChI is InChI=1S/C30H34N4O6S/c1-38-14-12-32(13-15-39-2)30-31-25-9-8-22(16-28(25)41-30)34-19-24(29(36)37)27(35)17-26(34)20-4-6-21(7-5-20)33-11-10-23(18-33)40-3/h4-9,16-17,19,23H,10-15,18H2,1-3H3,(H,36,37). The quantitative estimate of drug-likeness (QED) is 0.266. The van der Waals surface area contributed by atoms with Gasteiger partial charge in [0.05, 0.1) is 35.2 Å². The highest BCUT2D eigenvalue weighted by molar-refractivity contribution is 7.22. The van der Waals surface area contributed by atoms with Gasteiger partial charge in [-0.25, -0.2) is 9.78 Å². The third-order valence-corrected chi connectivity index (χ3v) is 8.41. The fraction of sp³-hybridized carbons (Fsp3) is 0.367. The van der Waals surface area contributed by atoms with Crippen molar-refractivity contribution in [3.05, 3.63) is 70.5 Å². The molecule has 0 aliphatic carbocycles. The maximum absolute atomic E-state index is 12.8. The number of benzene rings is 2. The van der Waals surface area contributed by atoms with E-state index in [0.29, 0.717) is 32.0 Å². The van der Waals surface area contributed by atoms with Crippen molar-refractivity contribution in [1.29, 1.82) is 0 Å². The van der Waals surface area contributed by atoms with Crippen LogP contribution in [-0.2, 0) is 14.2 Å². The highest BCUT2D eigenvalue weighted by atomic mass is 32.1. The first-order valence-corrected chi connectivity index (χ1v) is 14.3. The summed E-state index contributed by atoms with van der Waals surface area (Å²) in [6, 6.07) is 15.2. The Morgan fingerprint density at radius 1 is 1.05 bits per heavy atom.